The van der Waals surface area contributed by atoms with Gasteiger partial charge in [0.15, 0.2) is 0 Å². The van der Waals surface area contributed by atoms with Crippen LogP contribution in [0.2, 0.25) is 0 Å². The van der Waals surface area contributed by atoms with E-state index in [1.165, 1.54) is 10.8 Å². The quantitative estimate of drug-likeness (QED) is 0.193. The zero-order valence-electron chi connectivity index (χ0n) is 26.7. The number of rotatable bonds is 4. The van der Waals surface area contributed by atoms with Crippen molar-refractivity contribution in [1.29, 1.82) is 15.8 Å². The Kier molecular flexibility index (Phi) is 6.56. The number of para-hydroxylation sites is 4. The Balaban J connectivity index is 1.22. The van der Waals surface area contributed by atoms with E-state index in [2.05, 4.69) is 100 Å². The maximum atomic E-state index is 10.6. The summed E-state index contributed by atoms with van der Waals surface area (Å²) in [7, 11) is 0. The number of hydrogen-bond donors (Lipinski definition) is 0. The van der Waals surface area contributed by atoms with Gasteiger partial charge in [-0.1, -0.05) is 84.9 Å². The molecule has 230 valence electrons. The molecular formula is C45H25N5. The zero-order valence-corrected chi connectivity index (χ0v) is 26.7. The Labute approximate surface area is 287 Å². The molecule has 0 radical (unpaired) electrons. The molecule has 0 atom stereocenters. The van der Waals surface area contributed by atoms with Gasteiger partial charge in [-0.3, -0.25) is 0 Å². The number of hydrogen-bond acceptors (Lipinski definition) is 3. The Hall–Kier alpha value is -7.39. The van der Waals surface area contributed by atoms with Crippen LogP contribution in [0, 0.1) is 34.0 Å². The van der Waals surface area contributed by atoms with E-state index in [1.54, 1.807) is 0 Å². The Morgan fingerprint density at radius 2 is 0.980 bits per heavy atom. The van der Waals surface area contributed by atoms with Crippen LogP contribution >= 0.6 is 0 Å². The van der Waals surface area contributed by atoms with Crippen LogP contribution in [0.3, 0.4) is 0 Å². The normalized spacial score (nSPS) is 11.1. The fraction of sp³-hybridized carbons (Fsp3) is 0. The predicted octanol–water partition coefficient (Wildman–Crippen LogP) is 10.8. The Bertz CT molecular complexity index is 2920. The van der Waals surface area contributed by atoms with Gasteiger partial charge in [0.2, 0.25) is 0 Å². The number of benzene rings is 7. The molecule has 0 saturated heterocycles. The molecule has 0 saturated carbocycles. The number of aromatic nitrogens is 2. The molecule has 7 aromatic carbocycles. The lowest BCUT2D eigenvalue weighted by Crippen LogP contribution is -1.98. The van der Waals surface area contributed by atoms with Crippen LogP contribution < -0.4 is 0 Å². The first kappa shape index (κ1) is 28.8. The van der Waals surface area contributed by atoms with Crippen molar-refractivity contribution >= 4 is 43.6 Å². The van der Waals surface area contributed by atoms with Crippen molar-refractivity contribution < 1.29 is 0 Å². The predicted molar refractivity (Wildman–Crippen MR) is 200 cm³/mol. The van der Waals surface area contributed by atoms with E-state index in [4.69, 9.17) is 0 Å². The van der Waals surface area contributed by atoms with E-state index in [9.17, 15) is 15.8 Å². The molecule has 50 heavy (non-hydrogen) atoms. The molecule has 0 amide bonds. The standard InChI is InChI=1S/C45H25N5/c46-26-29-17-22-45-40(23-29)38-12-4-6-14-42(38)49(45)33-20-18-31(27-47)39(25-33)34-21-19-30(24-32(34)28-48)35-9-1-5-13-41(35)50-43-15-7-2-10-36(43)37-11-3-8-16-44(37)50/h1-25H. The molecule has 0 bridgehead atoms. The van der Waals surface area contributed by atoms with Crippen LogP contribution in [0.4, 0.5) is 0 Å². The first-order chi connectivity index (χ1) is 24.7. The SMILES string of the molecule is N#Cc1ccc2c(c1)c1ccccc1n2-c1ccc(C#N)c(-c2ccc(-c3ccccc3-n3c4ccccc4c4ccccc43)cc2C#N)c1. The van der Waals surface area contributed by atoms with Crippen molar-refractivity contribution in [2.24, 2.45) is 0 Å². The summed E-state index contributed by atoms with van der Waals surface area (Å²) in [5, 5.41) is 34.8. The molecule has 5 nitrogen and oxygen atoms in total. The molecule has 0 aliphatic heterocycles. The number of fused-ring (bicyclic) bond motifs is 6. The molecule has 0 unspecified atom stereocenters. The van der Waals surface area contributed by atoms with E-state index in [0.29, 0.717) is 27.8 Å². The summed E-state index contributed by atoms with van der Waals surface area (Å²) >= 11 is 0. The average molecular weight is 636 g/mol. The highest BCUT2D eigenvalue weighted by Gasteiger charge is 2.19. The first-order valence-electron chi connectivity index (χ1n) is 16.3. The van der Waals surface area contributed by atoms with Crippen LogP contribution in [-0.2, 0) is 0 Å². The van der Waals surface area contributed by atoms with Gasteiger partial charge in [0.25, 0.3) is 0 Å². The molecule has 2 aromatic heterocycles. The molecule has 0 N–H and O–H groups in total. The van der Waals surface area contributed by atoms with E-state index < -0.39 is 0 Å². The summed E-state index contributed by atoms with van der Waals surface area (Å²) in [5.41, 5.74) is 10.9. The third-order valence-corrected chi connectivity index (χ3v) is 9.65. The molecule has 0 spiro atoms. The lowest BCUT2D eigenvalue weighted by molar-refractivity contribution is 1.18. The smallest absolute Gasteiger partial charge is 0.0998 e. The maximum absolute atomic E-state index is 10.6. The van der Waals surface area contributed by atoms with Crippen molar-refractivity contribution in [3.63, 3.8) is 0 Å². The van der Waals surface area contributed by atoms with E-state index in [0.717, 1.165) is 55.3 Å². The van der Waals surface area contributed by atoms with Crippen molar-refractivity contribution in [2.45, 2.75) is 0 Å². The van der Waals surface area contributed by atoms with Gasteiger partial charge >= 0.3 is 0 Å². The largest absolute Gasteiger partial charge is 0.309 e. The highest BCUT2D eigenvalue weighted by atomic mass is 15.0. The van der Waals surface area contributed by atoms with Gasteiger partial charge in [0.05, 0.1) is 62.7 Å². The third-order valence-electron chi connectivity index (χ3n) is 9.65. The average Bonchev–Trinajstić information content (AvgIpc) is 3.70. The number of nitrogens with zero attached hydrogens (tertiary/aromatic N) is 5. The highest BCUT2D eigenvalue weighted by Crippen LogP contribution is 2.39. The summed E-state index contributed by atoms with van der Waals surface area (Å²) in [6.07, 6.45) is 0. The summed E-state index contributed by atoms with van der Waals surface area (Å²) in [4.78, 5) is 0. The van der Waals surface area contributed by atoms with Gasteiger partial charge in [-0.2, -0.15) is 15.8 Å². The van der Waals surface area contributed by atoms with Gasteiger partial charge in [-0.05, 0) is 72.3 Å². The minimum Gasteiger partial charge on any atom is -0.309 e. The topological polar surface area (TPSA) is 81.2 Å². The molecule has 0 fully saturated rings. The van der Waals surface area contributed by atoms with Gasteiger partial charge < -0.3 is 9.13 Å². The van der Waals surface area contributed by atoms with Crippen molar-refractivity contribution in [1.82, 2.24) is 9.13 Å². The molecular weight excluding hydrogens is 611 g/mol. The van der Waals surface area contributed by atoms with E-state index in [1.807, 2.05) is 78.9 Å². The molecule has 9 rings (SSSR count). The van der Waals surface area contributed by atoms with Crippen molar-refractivity contribution in [3.8, 4) is 51.8 Å². The lowest BCUT2D eigenvalue weighted by atomic mass is 9.92. The maximum Gasteiger partial charge on any atom is 0.0998 e. The lowest BCUT2D eigenvalue weighted by Gasteiger charge is -2.16. The summed E-state index contributed by atoms with van der Waals surface area (Å²) in [5.74, 6) is 0. The second-order valence-electron chi connectivity index (χ2n) is 12.3. The van der Waals surface area contributed by atoms with Gasteiger partial charge in [-0.25, -0.2) is 0 Å². The molecule has 0 aliphatic carbocycles. The van der Waals surface area contributed by atoms with Crippen LogP contribution in [0.15, 0.2) is 152 Å². The fourth-order valence-corrected chi connectivity index (χ4v) is 7.45. The first-order valence-corrected chi connectivity index (χ1v) is 16.3. The van der Waals surface area contributed by atoms with Crippen LogP contribution in [0.5, 0.6) is 0 Å². The van der Waals surface area contributed by atoms with E-state index >= 15 is 0 Å². The van der Waals surface area contributed by atoms with Crippen LogP contribution in [0.25, 0.3) is 77.2 Å². The van der Waals surface area contributed by atoms with Crippen LogP contribution in [0.1, 0.15) is 16.7 Å². The molecule has 0 aliphatic rings. The Morgan fingerprint density at radius 1 is 0.380 bits per heavy atom. The van der Waals surface area contributed by atoms with Crippen molar-refractivity contribution in [3.05, 3.63) is 168 Å². The number of nitriles is 3. The molecule has 9 aromatic rings. The minimum absolute atomic E-state index is 0.481. The second kappa shape index (κ2) is 11.4. The summed E-state index contributed by atoms with van der Waals surface area (Å²) in [6, 6.07) is 57.7. The fourth-order valence-electron chi connectivity index (χ4n) is 7.45. The monoisotopic (exact) mass is 635 g/mol. The summed E-state index contributed by atoms with van der Waals surface area (Å²) < 4.78 is 4.45. The second-order valence-corrected chi connectivity index (χ2v) is 12.3. The molecule has 2 heterocycles. The summed E-state index contributed by atoms with van der Waals surface area (Å²) in [6.45, 7) is 0. The minimum atomic E-state index is 0.481. The van der Waals surface area contributed by atoms with Gasteiger partial charge in [0.1, 0.15) is 0 Å². The van der Waals surface area contributed by atoms with Gasteiger partial charge in [0, 0.05) is 43.9 Å². The van der Waals surface area contributed by atoms with Crippen molar-refractivity contribution in [2.75, 3.05) is 0 Å². The zero-order chi connectivity index (χ0) is 33.8. The van der Waals surface area contributed by atoms with Gasteiger partial charge in [-0.15, -0.1) is 0 Å². The van der Waals surface area contributed by atoms with Crippen LogP contribution in [-0.4, -0.2) is 9.13 Å². The van der Waals surface area contributed by atoms with E-state index in [-0.39, 0.29) is 0 Å². The third kappa shape index (κ3) is 4.31. The highest BCUT2D eigenvalue weighted by molar-refractivity contribution is 6.11. The molecule has 5 heteroatoms. The Morgan fingerprint density at radius 3 is 1.66 bits per heavy atom.